The Bertz CT molecular complexity index is 622. The Morgan fingerprint density at radius 3 is 3.18 bits per heavy atom. The second-order valence-corrected chi connectivity index (χ2v) is 4.15. The van der Waals surface area contributed by atoms with Gasteiger partial charge in [-0.15, -0.1) is 0 Å². The molecule has 0 saturated heterocycles. The summed E-state index contributed by atoms with van der Waals surface area (Å²) < 4.78 is 7.68. The van der Waals surface area contributed by atoms with Crippen molar-refractivity contribution in [3.63, 3.8) is 0 Å². The molecular formula is C13H11N3O. The maximum absolute atomic E-state index is 8.90. The van der Waals surface area contributed by atoms with Crippen LogP contribution in [0.1, 0.15) is 22.4 Å². The smallest absolute Gasteiger partial charge is 0.130 e. The molecule has 2 aromatic rings. The molecule has 84 valence electrons. The average Bonchev–Trinajstić information content (AvgIpc) is 2.60. The number of nitrogens with zero attached hydrogens (tertiary/aromatic N) is 3. The van der Waals surface area contributed by atoms with Crippen molar-refractivity contribution in [1.82, 2.24) is 9.78 Å². The number of aryl methyl sites for hydroxylation is 1. The van der Waals surface area contributed by atoms with Gasteiger partial charge in [-0.05, 0) is 30.7 Å². The van der Waals surface area contributed by atoms with E-state index in [1.54, 1.807) is 6.07 Å². The topological polar surface area (TPSA) is 50.8 Å². The van der Waals surface area contributed by atoms with Crippen LogP contribution in [0.5, 0.6) is 5.75 Å². The summed E-state index contributed by atoms with van der Waals surface area (Å²) in [6.07, 6.45) is 1.85. The maximum Gasteiger partial charge on any atom is 0.130 e. The summed E-state index contributed by atoms with van der Waals surface area (Å²) in [5.41, 5.74) is 3.89. The minimum Gasteiger partial charge on any atom is -0.487 e. The fourth-order valence-corrected chi connectivity index (χ4v) is 2.05. The number of nitriles is 1. The van der Waals surface area contributed by atoms with Crippen molar-refractivity contribution in [1.29, 1.82) is 5.26 Å². The van der Waals surface area contributed by atoms with Gasteiger partial charge in [0.2, 0.25) is 0 Å². The molecule has 0 fully saturated rings. The van der Waals surface area contributed by atoms with Crippen LogP contribution in [0.2, 0.25) is 0 Å². The molecule has 0 unspecified atom stereocenters. The van der Waals surface area contributed by atoms with E-state index in [1.807, 2.05) is 29.9 Å². The number of hydrogen-bond acceptors (Lipinski definition) is 3. The molecule has 0 N–H and O–H groups in total. The summed E-state index contributed by atoms with van der Waals surface area (Å²) in [4.78, 5) is 0. The number of ether oxygens (including phenoxy) is 1. The lowest BCUT2D eigenvalue weighted by Gasteiger charge is -2.06. The Kier molecular flexibility index (Phi) is 2.12. The van der Waals surface area contributed by atoms with Gasteiger partial charge in [-0.25, -0.2) is 0 Å². The van der Waals surface area contributed by atoms with Crippen LogP contribution in [0.25, 0.3) is 0 Å². The highest BCUT2D eigenvalue weighted by atomic mass is 16.5. The van der Waals surface area contributed by atoms with Crippen molar-refractivity contribution in [2.24, 2.45) is 0 Å². The van der Waals surface area contributed by atoms with Gasteiger partial charge in [-0.1, -0.05) is 0 Å². The molecule has 4 nitrogen and oxygen atoms in total. The van der Waals surface area contributed by atoms with Crippen molar-refractivity contribution in [2.75, 3.05) is 0 Å². The minimum absolute atomic E-state index is 0.532. The van der Waals surface area contributed by atoms with Crippen LogP contribution in [-0.4, -0.2) is 9.78 Å². The Balaban J connectivity index is 2.09. The van der Waals surface area contributed by atoms with Crippen molar-refractivity contribution in [2.45, 2.75) is 20.1 Å². The molecule has 0 saturated carbocycles. The van der Waals surface area contributed by atoms with Gasteiger partial charge in [0.05, 0.1) is 30.1 Å². The minimum atomic E-state index is 0.532. The number of aromatic nitrogens is 2. The van der Waals surface area contributed by atoms with Crippen LogP contribution in [0.4, 0.5) is 0 Å². The molecule has 1 aromatic carbocycles. The van der Waals surface area contributed by atoms with Crippen molar-refractivity contribution >= 4 is 0 Å². The van der Waals surface area contributed by atoms with E-state index in [0.717, 1.165) is 22.6 Å². The van der Waals surface area contributed by atoms with Gasteiger partial charge in [0.25, 0.3) is 0 Å². The largest absolute Gasteiger partial charge is 0.487 e. The lowest BCUT2D eigenvalue weighted by Crippen LogP contribution is -2.04. The molecule has 0 bridgehead atoms. The lowest BCUT2D eigenvalue weighted by atomic mass is 10.1. The van der Waals surface area contributed by atoms with Crippen LogP contribution < -0.4 is 4.74 Å². The molecule has 2 heterocycles. The Morgan fingerprint density at radius 1 is 1.47 bits per heavy atom. The first-order chi connectivity index (χ1) is 8.28. The highest BCUT2D eigenvalue weighted by Gasteiger charge is 2.16. The average molecular weight is 225 g/mol. The highest BCUT2D eigenvalue weighted by Crippen LogP contribution is 2.26. The second kappa shape index (κ2) is 3.63. The van der Waals surface area contributed by atoms with E-state index in [4.69, 9.17) is 10.00 Å². The zero-order valence-electron chi connectivity index (χ0n) is 9.47. The number of fused-ring (bicyclic) bond motifs is 2. The summed E-state index contributed by atoms with van der Waals surface area (Å²) in [5, 5.41) is 13.2. The molecule has 0 radical (unpaired) electrons. The Morgan fingerprint density at radius 2 is 2.35 bits per heavy atom. The van der Waals surface area contributed by atoms with Gasteiger partial charge >= 0.3 is 0 Å². The van der Waals surface area contributed by atoms with Crippen LogP contribution >= 0.6 is 0 Å². The van der Waals surface area contributed by atoms with E-state index >= 15 is 0 Å². The zero-order chi connectivity index (χ0) is 11.8. The predicted octanol–water partition coefficient (Wildman–Crippen LogP) is 2.00. The Hall–Kier alpha value is -2.28. The van der Waals surface area contributed by atoms with Crippen LogP contribution in [0.15, 0.2) is 24.4 Å². The van der Waals surface area contributed by atoms with Crippen molar-refractivity contribution in [3.8, 4) is 11.8 Å². The maximum atomic E-state index is 8.90. The third kappa shape index (κ3) is 1.56. The monoisotopic (exact) mass is 225 g/mol. The van der Waals surface area contributed by atoms with Crippen LogP contribution in [0.3, 0.4) is 0 Å². The van der Waals surface area contributed by atoms with Gasteiger partial charge < -0.3 is 4.74 Å². The number of benzene rings is 1. The predicted molar refractivity (Wildman–Crippen MR) is 61.6 cm³/mol. The molecule has 1 aliphatic rings. The molecule has 0 aliphatic carbocycles. The van der Waals surface area contributed by atoms with Crippen molar-refractivity contribution < 1.29 is 4.74 Å². The molecule has 17 heavy (non-hydrogen) atoms. The molecular weight excluding hydrogens is 214 g/mol. The first-order valence-corrected chi connectivity index (χ1v) is 5.45. The lowest BCUT2D eigenvalue weighted by molar-refractivity contribution is 0.301. The van der Waals surface area contributed by atoms with E-state index in [-0.39, 0.29) is 0 Å². The summed E-state index contributed by atoms with van der Waals surface area (Å²) in [5.74, 6) is 0.842. The SMILES string of the molecule is Cc1cnn2c1COc1ccc(C#N)cc1C2. The molecule has 1 aliphatic heterocycles. The summed E-state index contributed by atoms with van der Waals surface area (Å²) >= 11 is 0. The van der Waals surface area contributed by atoms with Gasteiger partial charge in [0, 0.05) is 5.56 Å². The van der Waals surface area contributed by atoms with Crippen LogP contribution in [-0.2, 0) is 13.2 Å². The van der Waals surface area contributed by atoms with E-state index in [9.17, 15) is 0 Å². The third-order valence-electron chi connectivity index (χ3n) is 3.03. The molecule has 4 heteroatoms. The number of hydrogen-bond donors (Lipinski definition) is 0. The van der Waals surface area contributed by atoms with E-state index in [0.29, 0.717) is 18.7 Å². The van der Waals surface area contributed by atoms with Crippen molar-refractivity contribution in [3.05, 3.63) is 46.8 Å². The van der Waals surface area contributed by atoms with E-state index < -0.39 is 0 Å². The standard InChI is InChI=1S/C13H11N3O/c1-9-6-15-16-7-11-4-10(5-14)2-3-13(11)17-8-12(9)16/h2-4,6H,7-8H2,1H3. The molecule has 0 amide bonds. The van der Waals surface area contributed by atoms with Gasteiger partial charge in [0.15, 0.2) is 0 Å². The number of rotatable bonds is 0. The fourth-order valence-electron chi connectivity index (χ4n) is 2.05. The zero-order valence-corrected chi connectivity index (χ0v) is 9.47. The summed E-state index contributed by atoms with van der Waals surface area (Å²) in [6.45, 7) is 3.22. The van der Waals surface area contributed by atoms with Gasteiger partial charge in [-0.3, -0.25) is 4.68 Å². The highest BCUT2D eigenvalue weighted by molar-refractivity contribution is 5.43. The van der Waals surface area contributed by atoms with Gasteiger partial charge in [-0.2, -0.15) is 10.4 Å². The first-order valence-electron chi connectivity index (χ1n) is 5.45. The summed E-state index contributed by atoms with van der Waals surface area (Å²) in [7, 11) is 0. The molecule has 0 atom stereocenters. The van der Waals surface area contributed by atoms with E-state index in [2.05, 4.69) is 11.2 Å². The Labute approximate surface area is 99.1 Å². The first kappa shape index (κ1) is 9.91. The van der Waals surface area contributed by atoms with Gasteiger partial charge in [0.1, 0.15) is 12.4 Å². The third-order valence-corrected chi connectivity index (χ3v) is 3.03. The molecule has 0 spiro atoms. The van der Waals surface area contributed by atoms with E-state index in [1.165, 1.54) is 0 Å². The summed E-state index contributed by atoms with van der Waals surface area (Å²) in [6, 6.07) is 7.64. The molecule has 1 aromatic heterocycles. The fraction of sp³-hybridized carbons (Fsp3) is 0.231. The normalized spacial score (nSPS) is 12.9. The van der Waals surface area contributed by atoms with Crippen LogP contribution in [0, 0.1) is 18.3 Å². The quantitative estimate of drug-likeness (QED) is 0.689. The molecule has 3 rings (SSSR count). The second-order valence-electron chi connectivity index (χ2n) is 4.15.